The Morgan fingerprint density at radius 1 is 1.22 bits per heavy atom. The van der Waals surface area contributed by atoms with Crippen LogP contribution in [0.2, 0.25) is 0 Å². The number of rotatable bonds is 2. The number of nitrogens with zero attached hydrogens (tertiary/aromatic N) is 1. The molecule has 0 amide bonds. The fraction of sp³-hybridized carbons (Fsp3) is 0. The van der Waals surface area contributed by atoms with Gasteiger partial charge in [0.15, 0.2) is 0 Å². The predicted octanol–water partition coefficient (Wildman–Crippen LogP) is 1.71. The summed E-state index contributed by atoms with van der Waals surface area (Å²) in [6.45, 7) is 0. The van der Waals surface area contributed by atoms with E-state index in [1.807, 2.05) is 30.3 Å². The van der Waals surface area contributed by atoms with Crippen molar-refractivity contribution in [2.75, 3.05) is 0 Å². The average molecular weight is 198 g/mol. The molecule has 1 aromatic carbocycles. The Kier molecular flexibility index (Phi) is 2.78. The molecule has 0 spiro atoms. The molecule has 0 aliphatic rings. The van der Waals surface area contributed by atoms with Gasteiger partial charge in [-0.05, 0) is 0 Å². The maximum atomic E-state index is 4.87. The van der Waals surface area contributed by atoms with Crippen molar-refractivity contribution >= 4 is 0 Å². The summed E-state index contributed by atoms with van der Waals surface area (Å²) in [5, 5.41) is 0. The summed E-state index contributed by atoms with van der Waals surface area (Å²) < 4.78 is 3.60. The molecule has 1 aromatic rings. The summed E-state index contributed by atoms with van der Waals surface area (Å²) in [7, 11) is 0. The van der Waals surface area contributed by atoms with Crippen molar-refractivity contribution in [1.82, 2.24) is 0 Å². The van der Waals surface area contributed by atoms with E-state index < -0.39 is 0 Å². The van der Waals surface area contributed by atoms with Crippen LogP contribution in [0.15, 0.2) is 33.4 Å². The van der Waals surface area contributed by atoms with E-state index in [-0.39, 0.29) is 0 Å². The molecule has 0 N–H and O–H groups in total. The fourth-order valence-corrected chi connectivity index (χ4v) is 0.793. The van der Waals surface area contributed by atoms with E-state index in [2.05, 4.69) is 3.04 Å². The van der Waals surface area contributed by atoms with Crippen LogP contribution < -0.4 is 4.84 Å². The molecule has 9 heavy (non-hydrogen) atoms. The third-order valence-corrected chi connectivity index (χ3v) is 1.12. The van der Waals surface area contributed by atoms with Crippen LogP contribution in [-0.4, -0.2) is 0 Å². The standard InChI is InChI=1S/C6H5NO.Zr/c7-8-6-4-2-1-3-5-6;/h1-5H;/q;+2. The molecule has 42 valence electrons. The van der Waals surface area contributed by atoms with E-state index in [0.717, 1.165) is 30.3 Å². The van der Waals surface area contributed by atoms with Gasteiger partial charge in [0.25, 0.3) is 0 Å². The topological polar surface area (TPSA) is 21.6 Å². The van der Waals surface area contributed by atoms with Gasteiger partial charge in [0, 0.05) is 0 Å². The Labute approximate surface area is 68.6 Å². The van der Waals surface area contributed by atoms with E-state index in [1.54, 1.807) is 0 Å². The Morgan fingerprint density at radius 2 is 1.89 bits per heavy atom. The second-order valence-corrected chi connectivity index (χ2v) is 1.94. The van der Waals surface area contributed by atoms with Gasteiger partial charge in [-0.1, -0.05) is 0 Å². The molecule has 0 aromatic heterocycles. The Bertz CT molecular complexity index is 188. The van der Waals surface area contributed by atoms with Crippen LogP contribution in [-0.2, 0) is 24.6 Å². The van der Waals surface area contributed by atoms with Crippen molar-refractivity contribution in [1.29, 1.82) is 0 Å². The Morgan fingerprint density at radius 3 is 2.44 bits per heavy atom. The van der Waals surface area contributed by atoms with Gasteiger partial charge >= 0.3 is 68.5 Å². The summed E-state index contributed by atoms with van der Waals surface area (Å²) in [6, 6.07) is 9.50. The van der Waals surface area contributed by atoms with Crippen molar-refractivity contribution in [3.63, 3.8) is 0 Å². The zero-order valence-electron chi connectivity index (χ0n) is 4.74. The van der Waals surface area contributed by atoms with Crippen LogP contribution in [0.3, 0.4) is 0 Å². The molecule has 0 saturated heterocycles. The maximum absolute atomic E-state index is 4.87. The van der Waals surface area contributed by atoms with Crippen molar-refractivity contribution in [3.8, 4) is 5.75 Å². The number of para-hydroxylation sites is 1. The summed E-state index contributed by atoms with van der Waals surface area (Å²) in [6.07, 6.45) is 0. The number of hydrogen-bond donors (Lipinski definition) is 0. The van der Waals surface area contributed by atoms with Gasteiger partial charge in [0.05, 0.1) is 0 Å². The van der Waals surface area contributed by atoms with Crippen LogP contribution in [0, 0.1) is 0 Å². The van der Waals surface area contributed by atoms with Gasteiger partial charge in [-0.25, -0.2) is 0 Å². The first-order valence-corrected chi connectivity index (χ1v) is 3.62. The number of benzene rings is 1. The van der Waals surface area contributed by atoms with Gasteiger partial charge in [-0.2, -0.15) is 0 Å². The first-order valence-electron chi connectivity index (χ1n) is 2.52. The minimum atomic E-state index is 0.800. The van der Waals surface area contributed by atoms with Crippen molar-refractivity contribution in [2.24, 2.45) is 3.04 Å². The molecular weight excluding hydrogens is 193 g/mol. The third-order valence-electron chi connectivity index (χ3n) is 0.894. The Balaban J connectivity index is 2.72. The van der Waals surface area contributed by atoms with Crippen LogP contribution in [0.5, 0.6) is 5.75 Å². The monoisotopic (exact) mass is 197 g/mol. The first-order chi connectivity index (χ1) is 4.43. The normalized spacial score (nSPS) is 8.67. The summed E-state index contributed by atoms with van der Waals surface area (Å²) in [5.41, 5.74) is 0. The van der Waals surface area contributed by atoms with Crippen LogP contribution in [0.1, 0.15) is 0 Å². The van der Waals surface area contributed by atoms with Crippen molar-refractivity contribution in [3.05, 3.63) is 30.3 Å². The summed E-state index contributed by atoms with van der Waals surface area (Å²) in [4.78, 5) is 4.87. The summed E-state index contributed by atoms with van der Waals surface area (Å²) in [5.74, 6) is 0.800. The van der Waals surface area contributed by atoms with Gasteiger partial charge in [-0.3, -0.25) is 0 Å². The zero-order valence-corrected chi connectivity index (χ0v) is 7.20. The molecular formula is C6H5NOZr+2. The molecule has 0 radical (unpaired) electrons. The average Bonchev–Trinajstić information content (AvgIpc) is 1.91. The molecule has 0 aliphatic carbocycles. The van der Waals surface area contributed by atoms with Gasteiger partial charge < -0.3 is 0 Å². The van der Waals surface area contributed by atoms with E-state index >= 15 is 0 Å². The fourth-order valence-electron chi connectivity index (χ4n) is 0.534. The molecule has 0 unspecified atom stereocenters. The molecule has 0 saturated carbocycles. The van der Waals surface area contributed by atoms with E-state index in [4.69, 9.17) is 4.84 Å². The van der Waals surface area contributed by atoms with Crippen molar-refractivity contribution in [2.45, 2.75) is 0 Å². The molecule has 0 atom stereocenters. The minimum absolute atomic E-state index is 0.800. The third kappa shape index (κ3) is 2.19. The molecule has 0 aliphatic heterocycles. The van der Waals surface area contributed by atoms with Gasteiger partial charge in [0.1, 0.15) is 0 Å². The molecule has 0 heterocycles. The molecule has 0 bridgehead atoms. The van der Waals surface area contributed by atoms with E-state index in [0.29, 0.717) is 0 Å². The second kappa shape index (κ2) is 3.68. The predicted molar refractivity (Wildman–Crippen MR) is 29.5 cm³/mol. The van der Waals surface area contributed by atoms with Crippen LogP contribution >= 0.6 is 0 Å². The first kappa shape index (κ1) is 6.82. The van der Waals surface area contributed by atoms with Crippen LogP contribution in [0.25, 0.3) is 0 Å². The van der Waals surface area contributed by atoms with Crippen LogP contribution in [0.4, 0.5) is 0 Å². The molecule has 1 rings (SSSR count). The van der Waals surface area contributed by atoms with E-state index in [9.17, 15) is 0 Å². The van der Waals surface area contributed by atoms with Gasteiger partial charge in [0.2, 0.25) is 0 Å². The number of hydrogen-bond acceptors (Lipinski definition) is 2. The molecule has 0 fully saturated rings. The van der Waals surface area contributed by atoms with Crippen molar-refractivity contribution < 1.29 is 29.4 Å². The SMILES string of the molecule is [Zr+2]=[N]Oc1ccccc1. The summed E-state index contributed by atoms with van der Waals surface area (Å²) >= 11 is 1.04. The quantitative estimate of drug-likeness (QED) is 0.663. The molecule has 3 heteroatoms. The molecule has 2 nitrogen and oxygen atoms in total. The van der Waals surface area contributed by atoms with E-state index in [1.165, 1.54) is 0 Å². The Hall–Kier alpha value is -0.297. The zero-order chi connectivity index (χ0) is 6.53. The second-order valence-electron chi connectivity index (χ2n) is 1.50. The van der Waals surface area contributed by atoms with Gasteiger partial charge in [-0.15, -0.1) is 0 Å².